The zero-order chi connectivity index (χ0) is 13.4. The summed E-state index contributed by atoms with van der Waals surface area (Å²) in [4.78, 5) is 0.486. The second-order valence-electron chi connectivity index (χ2n) is 4.88. The number of nitrogens with zero attached hydrogens (tertiary/aromatic N) is 2. The van der Waals surface area contributed by atoms with Crippen LogP contribution >= 0.6 is 0 Å². The average molecular weight is 254 g/mol. The Morgan fingerprint density at radius 2 is 1.84 bits per heavy atom. The molecule has 19 heavy (non-hydrogen) atoms. The Labute approximate surface area is 110 Å². The van der Waals surface area contributed by atoms with Gasteiger partial charge >= 0.3 is 0 Å². The molecule has 4 nitrogen and oxygen atoms in total. The molecule has 0 fully saturated rings. The SMILES string of the molecule is CC(C)c1no[n+]([O-])c1-c1ccc2ccccc2c1. The van der Waals surface area contributed by atoms with Crippen molar-refractivity contribution in [1.82, 2.24) is 5.16 Å². The Morgan fingerprint density at radius 3 is 2.58 bits per heavy atom. The minimum Gasteiger partial charge on any atom is -0.359 e. The molecule has 0 saturated heterocycles. The number of hydrogen-bond acceptors (Lipinski definition) is 3. The monoisotopic (exact) mass is 254 g/mol. The number of fused-ring (bicyclic) bond motifs is 1. The Kier molecular flexibility index (Phi) is 2.71. The maximum atomic E-state index is 11.8. The summed E-state index contributed by atoms with van der Waals surface area (Å²) >= 11 is 0. The summed E-state index contributed by atoms with van der Waals surface area (Å²) in [7, 11) is 0. The smallest absolute Gasteiger partial charge is 0.229 e. The van der Waals surface area contributed by atoms with E-state index in [4.69, 9.17) is 4.63 Å². The van der Waals surface area contributed by atoms with Crippen LogP contribution in [0.15, 0.2) is 47.1 Å². The fraction of sp³-hybridized carbons (Fsp3) is 0.200. The molecule has 0 bridgehead atoms. The summed E-state index contributed by atoms with van der Waals surface area (Å²) in [6, 6.07) is 14.0. The zero-order valence-corrected chi connectivity index (χ0v) is 10.8. The van der Waals surface area contributed by atoms with Crippen molar-refractivity contribution in [1.29, 1.82) is 0 Å². The lowest BCUT2D eigenvalue weighted by Gasteiger charge is -2.03. The maximum Gasteiger partial charge on any atom is 0.229 e. The first-order valence-electron chi connectivity index (χ1n) is 6.25. The predicted octanol–water partition coefficient (Wildman–Crippen LogP) is 3.25. The standard InChI is InChI=1S/C15H14N2O2/c1-10(2)14-15(17(18)19-16-14)13-8-7-11-5-3-4-6-12(11)9-13/h3-10H,1-2H3. The Hall–Kier alpha value is -2.36. The second-order valence-corrected chi connectivity index (χ2v) is 4.88. The predicted molar refractivity (Wildman–Crippen MR) is 72.5 cm³/mol. The highest BCUT2D eigenvalue weighted by Crippen LogP contribution is 2.27. The van der Waals surface area contributed by atoms with Gasteiger partial charge in [-0.05, 0) is 27.8 Å². The molecule has 0 radical (unpaired) electrons. The van der Waals surface area contributed by atoms with Crippen molar-refractivity contribution in [2.45, 2.75) is 19.8 Å². The van der Waals surface area contributed by atoms with Gasteiger partial charge in [0.25, 0.3) is 0 Å². The minimum absolute atomic E-state index is 0.139. The van der Waals surface area contributed by atoms with Crippen molar-refractivity contribution in [3.63, 3.8) is 0 Å². The molecule has 0 unspecified atom stereocenters. The topological polar surface area (TPSA) is 53.0 Å². The van der Waals surface area contributed by atoms with E-state index in [0.29, 0.717) is 16.3 Å². The molecule has 3 rings (SSSR count). The van der Waals surface area contributed by atoms with E-state index in [1.54, 1.807) is 0 Å². The molecule has 4 heteroatoms. The largest absolute Gasteiger partial charge is 0.359 e. The van der Waals surface area contributed by atoms with Crippen LogP contribution in [-0.4, -0.2) is 5.16 Å². The van der Waals surface area contributed by atoms with Crippen LogP contribution in [0.25, 0.3) is 22.0 Å². The summed E-state index contributed by atoms with van der Waals surface area (Å²) in [5.74, 6) is 0.139. The van der Waals surface area contributed by atoms with Gasteiger partial charge in [-0.25, -0.2) is 0 Å². The van der Waals surface area contributed by atoms with Crippen molar-refractivity contribution in [2.24, 2.45) is 0 Å². The van der Waals surface area contributed by atoms with E-state index in [1.807, 2.05) is 56.3 Å². The summed E-state index contributed by atoms with van der Waals surface area (Å²) in [5.41, 5.74) is 2.02. The molecule has 0 amide bonds. The van der Waals surface area contributed by atoms with Gasteiger partial charge in [0.15, 0.2) is 0 Å². The van der Waals surface area contributed by atoms with E-state index in [1.165, 1.54) is 0 Å². The van der Waals surface area contributed by atoms with Crippen LogP contribution in [0.1, 0.15) is 25.5 Å². The van der Waals surface area contributed by atoms with Gasteiger partial charge in [0.2, 0.25) is 11.4 Å². The molecule has 0 N–H and O–H groups in total. The molecule has 1 heterocycles. The van der Waals surface area contributed by atoms with Crippen molar-refractivity contribution < 1.29 is 9.53 Å². The van der Waals surface area contributed by atoms with E-state index >= 15 is 0 Å². The van der Waals surface area contributed by atoms with Crippen molar-refractivity contribution >= 4 is 10.8 Å². The maximum absolute atomic E-state index is 11.8. The quantitative estimate of drug-likeness (QED) is 0.659. The second kappa shape index (κ2) is 4.39. The van der Waals surface area contributed by atoms with Gasteiger partial charge in [0, 0.05) is 16.6 Å². The highest BCUT2D eigenvalue weighted by Gasteiger charge is 2.23. The van der Waals surface area contributed by atoms with Crippen molar-refractivity contribution in [2.75, 3.05) is 0 Å². The lowest BCUT2D eigenvalue weighted by atomic mass is 10.0. The van der Waals surface area contributed by atoms with Crippen LogP contribution < -0.4 is 4.90 Å². The van der Waals surface area contributed by atoms with Gasteiger partial charge in [-0.15, -0.1) is 0 Å². The van der Waals surface area contributed by atoms with Crippen LogP contribution in [0.2, 0.25) is 0 Å². The molecular weight excluding hydrogens is 240 g/mol. The van der Waals surface area contributed by atoms with Crippen molar-refractivity contribution in [3.05, 3.63) is 53.4 Å². The first-order valence-corrected chi connectivity index (χ1v) is 6.25. The van der Waals surface area contributed by atoms with Crippen LogP contribution in [0.3, 0.4) is 0 Å². The Balaban J connectivity index is 2.21. The third-order valence-corrected chi connectivity index (χ3v) is 3.21. The van der Waals surface area contributed by atoms with E-state index in [2.05, 4.69) is 5.16 Å². The summed E-state index contributed by atoms with van der Waals surface area (Å²) in [5, 5.41) is 17.9. The number of rotatable bonds is 2. The van der Waals surface area contributed by atoms with E-state index in [9.17, 15) is 5.21 Å². The summed E-state index contributed by atoms with van der Waals surface area (Å²) in [6.45, 7) is 3.98. The zero-order valence-electron chi connectivity index (χ0n) is 10.8. The summed E-state index contributed by atoms with van der Waals surface area (Å²) in [6.07, 6.45) is 0. The fourth-order valence-electron chi connectivity index (χ4n) is 2.23. The molecule has 0 aliphatic heterocycles. The van der Waals surface area contributed by atoms with Crippen molar-refractivity contribution in [3.8, 4) is 11.3 Å². The number of hydrogen-bond donors (Lipinski definition) is 0. The van der Waals surface area contributed by atoms with E-state index < -0.39 is 0 Å². The average Bonchev–Trinajstić information content (AvgIpc) is 2.80. The summed E-state index contributed by atoms with van der Waals surface area (Å²) < 4.78 is 4.73. The van der Waals surface area contributed by atoms with Gasteiger partial charge in [-0.1, -0.05) is 44.2 Å². The first kappa shape index (κ1) is 11.7. The van der Waals surface area contributed by atoms with Gasteiger partial charge in [-0.3, -0.25) is 4.63 Å². The third-order valence-electron chi connectivity index (χ3n) is 3.21. The fourth-order valence-corrected chi connectivity index (χ4v) is 2.23. The highest BCUT2D eigenvalue weighted by atomic mass is 16.8. The van der Waals surface area contributed by atoms with Crippen LogP contribution in [0.5, 0.6) is 0 Å². The number of aromatic nitrogens is 2. The molecule has 0 aliphatic carbocycles. The molecule has 0 spiro atoms. The molecule has 0 saturated carbocycles. The van der Waals surface area contributed by atoms with Crippen LogP contribution in [0.4, 0.5) is 0 Å². The Morgan fingerprint density at radius 1 is 1.11 bits per heavy atom. The van der Waals surface area contributed by atoms with Gasteiger partial charge in [-0.2, -0.15) is 0 Å². The lowest BCUT2D eigenvalue weighted by molar-refractivity contribution is -0.793. The molecule has 2 aromatic carbocycles. The Bertz CT molecular complexity index is 732. The first-order chi connectivity index (χ1) is 9.16. The molecular formula is C15H14N2O2. The van der Waals surface area contributed by atoms with E-state index in [-0.39, 0.29) is 5.92 Å². The van der Waals surface area contributed by atoms with Crippen LogP contribution in [-0.2, 0) is 0 Å². The highest BCUT2D eigenvalue weighted by molar-refractivity contribution is 5.86. The third kappa shape index (κ3) is 1.95. The van der Waals surface area contributed by atoms with Crippen LogP contribution in [0, 0.1) is 5.21 Å². The number of benzene rings is 2. The lowest BCUT2D eigenvalue weighted by Crippen LogP contribution is -2.25. The minimum atomic E-state index is 0.139. The van der Waals surface area contributed by atoms with Gasteiger partial charge in [0.05, 0.1) is 0 Å². The normalized spacial score (nSPS) is 11.3. The molecule has 0 atom stereocenters. The molecule has 1 aromatic heterocycles. The molecule has 0 aliphatic rings. The molecule has 96 valence electrons. The van der Waals surface area contributed by atoms with Gasteiger partial charge in [0.1, 0.15) is 0 Å². The molecule has 3 aromatic rings. The van der Waals surface area contributed by atoms with E-state index in [0.717, 1.165) is 16.3 Å². The van der Waals surface area contributed by atoms with Gasteiger partial charge < -0.3 is 5.21 Å².